The number of halogens is 1. The van der Waals surface area contributed by atoms with Gasteiger partial charge in [-0.25, -0.2) is 0 Å². The molecule has 1 rings (SSSR count). The van der Waals surface area contributed by atoms with Crippen molar-refractivity contribution in [2.75, 3.05) is 0 Å². The topological polar surface area (TPSA) is 46.2 Å². The van der Waals surface area contributed by atoms with Gasteiger partial charge >= 0.3 is 0 Å². The molecule has 0 aliphatic carbocycles. The van der Waals surface area contributed by atoms with Gasteiger partial charge in [-0.05, 0) is 25.3 Å². The molecule has 2 atom stereocenters. The third-order valence-corrected chi connectivity index (χ3v) is 2.68. The third kappa shape index (κ3) is 3.78. The Hall–Kier alpha value is -0.570. The van der Waals surface area contributed by atoms with Gasteiger partial charge in [-0.15, -0.1) is 12.4 Å². The highest BCUT2D eigenvalue weighted by Crippen LogP contribution is 2.21. The molecule has 2 nitrogen and oxygen atoms in total. The summed E-state index contributed by atoms with van der Waals surface area (Å²) in [5.74, 6) is 0.181. The summed E-state index contributed by atoms with van der Waals surface area (Å²) < 4.78 is 0. The molecule has 92 valence electrons. The smallest absolute Gasteiger partial charge is 0.0755 e. The van der Waals surface area contributed by atoms with E-state index in [-0.39, 0.29) is 24.4 Å². The van der Waals surface area contributed by atoms with Crippen molar-refractivity contribution in [2.45, 2.75) is 39.8 Å². The summed E-state index contributed by atoms with van der Waals surface area (Å²) in [7, 11) is 0. The normalized spacial score (nSPS) is 14.4. The van der Waals surface area contributed by atoms with Gasteiger partial charge in [0.1, 0.15) is 0 Å². The second-order valence-electron chi connectivity index (χ2n) is 4.68. The molecule has 0 aliphatic heterocycles. The third-order valence-electron chi connectivity index (χ3n) is 2.68. The molecule has 1 aromatic carbocycles. The fourth-order valence-electron chi connectivity index (χ4n) is 1.81. The molecule has 0 radical (unpaired) electrons. The van der Waals surface area contributed by atoms with Crippen molar-refractivity contribution < 1.29 is 5.11 Å². The van der Waals surface area contributed by atoms with Crippen LogP contribution in [-0.2, 0) is 0 Å². The number of benzene rings is 1. The first kappa shape index (κ1) is 15.4. The standard InChI is InChI=1S/C13H21NO.ClH/c1-8(2)13(15)12(14)11-6-9(3)5-10(4)7-11;/h5-8,12-13,15H,14H2,1-4H3;1H/t12-,13+;/m1./s1. The van der Waals surface area contributed by atoms with Gasteiger partial charge in [-0.1, -0.05) is 43.2 Å². The Bertz CT molecular complexity index is 318. The van der Waals surface area contributed by atoms with Crippen molar-refractivity contribution in [3.63, 3.8) is 0 Å². The Morgan fingerprint density at radius 1 is 1.06 bits per heavy atom. The van der Waals surface area contributed by atoms with Gasteiger partial charge < -0.3 is 10.8 Å². The fourth-order valence-corrected chi connectivity index (χ4v) is 1.81. The van der Waals surface area contributed by atoms with Crippen molar-refractivity contribution in [1.29, 1.82) is 0 Å². The molecule has 16 heavy (non-hydrogen) atoms. The molecule has 3 heteroatoms. The van der Waals surface area contributed by atoms with Crippen LogP contribution in [0.3, 0.4) is 0 Å². The van der Waals surface area contributed by atoms with Gasteiger partial charge in [0.15, 0.2) is 0 Å². The van der Waals surface area contributed by atoms with E-state index in [2.05, 4.69) is 6.07 Å². The molecule has 0 amide bonds. The van der Waals surface area contributed by atoms with E-state index < -0.39 is 6.10 Å². The highest BCUT2D eigenvalue weighted by atomic mass is 35.5. The van der Waals surface area contributed by atoms with E-state index in [0.29, 0.717) is 0 Å². The number of aryl methyl sites for hydroxylation is 2. The zero-order valence-electron chi connectivity index (χ0n) is 10.4. The lowest BCUT2D eigenvalue weighted by Crippen LogP contribution is -2.30. The maximum absolute atomic E-state index is 9.91. The maximum atomic E-state index is 9.91. The van der Waals surface area contributed by atoms with Crippen LogP contribution >= 0.6 is 12.4 Å². The molecule has 0 bridgehead atoms. The summed E-state index contributed by atoms with van der Waals surface area (Å²) in [6.07, 6.45) is -0.480. The molecule has 0 spiro atoms. The van der Waals surface area contributed by atoms with E-state index in [0.717, 1.165) is 5.56 Å². The van der Waals surface area contributed by atoms with Gasteiger partial charge in [-0.3, -0.25) is 0 Å². The summed E-state index contributed by atoms with van der Waals surface area (Å²) >= 11 is 0. The van der Waals surface area contributed by atoms with Crippen LogP contribution in [0.4, 0.5) is 0 Å². The molecule has 0 aromatic heterocycles. The van der Waals surface area contributed by atoms with Crippen LogP contribution in [0, 0.1) is 19.8 Å². The molecule has 3 N–H and O–H groups in total. The summed E-state index contributed by atoms with van der Waals surface area (Å²) in [6, 6.07) is 5.91. The Kier molecular flexibility index (Phi) is 6.01. The van der Waals surface area contributed by atoms with Crippen LogP contribution in [0.15, 0.2) is 18.2 Å². The minimum absolute atomic E-state index is 0. The first-order valence-corrected chi connectivity index (χ1v) is 5.43. The molecular formula is C13H22ClNO. The van der Waals surface area contributed by atoms with E-state index in [9.17, 15) is 5.11 Å². The van der Waals surface area contributed by atoms with Crippen molar-refractivity contribution in [1.82, 2.24) is 0 Å². The molecule has 0 unspecified atom stereocenters. The van der Waals surface area contributed by atoms with Crippen molar-refractivity contribution in [2.24, 2.45) is 11.7 Å². The van der Waals surface area contributed by atoms with Crippen molar-refractivity contribution >= 4 is 12.4 Å². The lowest BCUT2D eigenvalue weighted by Gasteiger charge is -2.23. The van der Waals surface area contributed by atoms with E-state index in [1.54, 1.807) is 0 Å². The Balaban J connectivity index is 0.00000225. The average Bonchev–Trinajstić information content (AvgIpc) is 2.13. The minimum Gasteiger partial charge on any atom is -0.391 e. The first-order chi connectivity index (χ1) is 6.91. The zero-order chi connectivity index (χ0) is 11.6. The maximum Gasteiger partial charge on any atom is 0.0755 e. The van der Waals surface area contributed by atoms with E-state index in [1.807, 2.05) is 39.8 Å². The predicted molar refractivity (Wildman–Crippen MR) is 70.9 cm³/mol. The van der Waals surface area contributed by atoms with Crippen LogP contribution in [0.5, 0.6) is 0 Å². The van der Waals surface area contributed by atoms with Crippen molar-refractivity contribution in [3.05, 3.63) is 34.9 Å². The molecule has 0 saturated heterocycles. The SMILES string of the molecule is Cc1cc(C)cc([C@@H](N)[C@@H](O)C(C)C)c1.Cl. The van der Waals surface area contributed by atoms with Crippen LogP contribution < -0.4 is 5.73 Å². The highest BCUT2D eigenvalue weighted by molar-refractivity contribution is 5.85. The van der Waals surface area contributed by atoms with Crippen molar-refractivity contribution in [3.8, 4) is 0 Å². The largest absolute Gasteiger partial charge is 0.391 e. The second kappa shape index (κ2) is 6.24. The number of nitrogens with two attached hydrogens (primary N) is 1. The average molecular weight is 244 g/mol. The van der Waals surface area contributed by atoms with Crippen LogP contribution in [0.2, 0.25) is 0 Å². The lowest BCUT2D eigenvalue weighted by atomic mass is 9.92. The summed E-state index contributed by atoms with van der Waals surface area (Å²) in [5, 5.41) is 9.91. The van der Waals surface area contributed by atoms with E-state index >= 15 is 0 Å². The number of rotatable bonds is 3. The molecule has 0 saturated carbocycles. The monoisotopic (exact) mass is 243 g/mol. The Morgan fingerprint density at radius 3 is 1.88 bits per heavy atom. The molecule has 0 aliphatic rings. The number of aliphatic hydroxyl groups is 1. The number of hydrogen-bond donors (Lipinski definition) is 2. The van der Waals surface area contributed by atoms with Gasteiger partial charge in [-0.2, -0.15) is 0 Å². The van der Waals surface area contributed by atoms with Crippen LogP contribution in [-0.4, -0.2) is 11.2 Å². The van der Waals surface area contributed by atoms with Crippen LogP contribution in [0.1, 0.15) is 36.6 Å². The quantitative estimate of drug-likeness (QED) is 0.858. The van der Waals surface area contributed by atoms with Gasteiger partial charge in [0.2, 0.25) is 0 Å². The summed E-state index contributed by atoms with van der Waals surface area (Å²) in [5.41, 5.74) is 9.43. The minimum atomic E-state index is -0.480. The molecule has 1 aromatic rings. The summed E-state index contributed by atoms with van der Waals surface area (Å²) in [4.78, 5) is 0. The van der Waals surface area contributed by atoms with Crippen LogP contribution in [0.25, 0.3) is 0 Å². The van der Waals surface area contributed by atoms with E-state index in [1.165, 1.54) is 11.1 Å². The Morgan fingerprint density at radius 2 is 1.50 bits per heavy atom. The predicted octanol–water partition coefficient (Wildman–Crippen LogP) is 2.74. The first-order valence-electron chi connectivity index (χ1n) is 5.43. The molecular weight excluding hydrogens is 222 g/mol. The molecule has 0 heterocycles. The fraction of sp³-hybridized carbons (Fsp3) is 0.538. The summed E-state index contributed by atoms with van der Waals surface area (Å²) in [6.45, 7) is 8.05. The lowest BCUT2D eigenvalue weighted by molar-refractivity contribution is 0.0979. The second-order valence-corrected chi connectivity index (χ2v) is 4.68. The zero-order valence-corrected chi connectivity index (χ0v) is 11.2. The van der Waals surface area contributed by atoms with Gasteiger partial charge in [0.05, 0.1) is 12.1 Å². The van der Waals surface area contributed by atoms with Gasteiger partial charge in [0.25, 0.3) is 0 Å². The number of hydrogen-bond acceptors (Lipinski definition) is 2. The van der Waals surface area contributed by atoms with E-state index in [4.69, 9.17) is 5.73 Å². The highest BCUT2D eigenvalue weighted by Gasteiger charge is 2.20. The molecule has 0 fully saturated rings. The van der Waals surface area contributed by atoms with Gasteiger partial charge in [0, 0.05) is 0 Å². The Labute approximate surface area is 104 Å². The number of aliphatic hydroxyl groups excluding tert-OH is 1.